The summed E-state index contributed by atoms with van der Waals surface area (Å²) < 4.78 is 0. The first-order valence-electron chi connectivity index (χ1n) is 3.49. The van der Waals surface area contributed by atoms with Crippen LogP contribution in [0.5, 0.6) is 0 Å². The Hall–Kier alpha value is -0.610. The molecule has 0 aliphatic rings. The van der Waals surface area contributed by atoms with E-state index in [0.29, 0.717) is 10.0 Å². The Morgan fingerprint density at radius 1 is 1.75 bits per heavy atom. The third-order valence-electron chi connectivity index (χ3n) is 1.31. The molecule has 0 unspecified atom stereocenters. The van der Waals surface area contributed by atoms with Gasteiger partial charge in [-0.1, -0.05) is 18.5 Å². The fraction of sp³-hybridized carbons (Fsp3) is 0.429. The maximum atomic E-state index is 10.3. The smallest absolute Gasteiger partial charge is 0.308 e. The first-order valence-corrected chi connectivity index (χ1v) is 4.68. The van der Waals surface area contributed by atoms with Gasteiger partial charge in [-0.15, -0.1) is 11.3 Å². The minimum Gasteiger partial charge on any atom is -0.481 e. The Morgan fingerprint density at radius 2 is 2.42 bits per heavy atom. The van der Waals surface area contributed by atoms with Gasteiger partial charge in [0.25, 0.3) is 0 Å². The van der Waals surface area contributed by atoms with Crippen LogP contribution in [0.2, 0.25) is 5.15 Å². The maximum absolute atomic E-state index is 10.3. The predicted octanol–water partition coefficient (Wildman–Crippen LogP) is 1.99. The van der Waals surface area contributed by atoms with Gasteiger partial charge in [0.05, 0.1) is 16.3 Å². The topological polar surface area (TPSA) is 50.2 Å². The second-order valence-electron chi connectivity index (χ2n) is 2.25. The van der Waals surface area contributed by atoms with E-state index in [1.54, 1.807) is 0 Å². The van der Waals surface area contributed by atoms with E-state index in [1.165, 1.54) is 11.3 Å². The van der Waals surface area contributed by atoms with E-state index in [1.807, 2.05) is 6.92 Å². The van der Waals surface area contributed by atoms with Crippen LogP contribution in [0.3, 0.4) is 0 Å². The average Bonchev–Trinajstić information content (AvgIpc) is 2.31. The number of carboxylic acids is 1. The normalized spacial score (nSPS) is 10.2. The van der Waals surface area contributed by atoms with Crippen molar-refractivity contribution in [2.45, 2.75) is 19.8 Å². The zero-order valence-electron chi connectivity index (χ0n) is 6.50. The second-order valence-corrected chi connectivity index (χ2v) is 3.77. The largest absolute Gasteiger partial charge is 0.481 e. The molecule has 1 rings (SSSR count). The number of hydrogen-bond acceptors (Lipinski definition) is 3. The average molecular weight is 206 g/mol. The molecular formula is C7H8ClNO2S. The molecule has 1 aromatic heterocycles. The summed E-state index contributed by atoms with van der Waals surface area (Å²) in [6, 6.07) is 0. The summed E-state index contributed by atoms with van der Waals surface area (Å²) >= 11 is 7.07. The Labute approximate surface area is 79.0 Å². The number of nitrogens with zero attached hydrogens (tertiary/aromatic N) is 1. The van der Waals surface area contributed by atoms with Gasteiger partial charge in [0.15, 0.2) is 0 Å². The summed E-state index contributed by atoms with van der Waals surface area (Å²) in [5.41, 5.74) is 0. The third kappa shape index (κ3) is 2.19. The lowest BCUT2D eigenvalue weighted by molar-refractivity contribution is -0.136. The molecule has 0 bridgehead atoms. The fourth-order valence-electron chi connectivity index (χ4n) is 0.777. The minimum atomic E-state index is -0.872. The van der Waals surface area contributed by atoms with Crippen LogP contribution in [0.1, 0.15) is 16.8 Å². The molecule has 1 aromatic rings. The molecule has 0 amide bonds. The number of hydrogen-bond donors (Lipinski definition) is 1. The third-order valence-corrected chi connectivity index (χ3v) is 2.93. The van der Waals surface area contributed by atoms with E-state index in [0.717, 1.165) is 11.4 Å². The summed E-state index contributed by atoms with van der Waals surface area (Å²) in [5.74, 6) is -0.872. The molecule has 12 heavy (non-hydrogen) atoms. The summed E-state index contributed by atoms with van der Waals surface area (Å²) in [6.45, 7) is 1.96. The number of aromatic nitrogens is 1. The number of thiazole rings is 1. The summed E-state index contributed by atoms with van der Waals surface area (Å²) in [7, 11) is 0. The molecule has 0 aliphatic carbocycles. The summed E-state index contributed by atoms with van der Waals surface area (Å²) in [4.78, 5) is 15.0. The lowest BCUT2D eigenvalue weighted by Crippen LogP contribution is -1.97. The number of rotatable bonds is 3. The molecule has 0 atom stereocenters. The van der Waals surface area contributed by atoms with E-state index in [2.05, 4.69) is 4.98 Å². The zero-order chi connectivity index (χ0) is 9.14. The van der Waals surface area contributed by atoms with Gasteiger partial charge in [-0.25, -0.2) is 4.98 Å². The lowest BCUT2D eigenvalue weighted by atomic mass is 10.4. The van der Waals surface area contributed by atoms with Crippen molar-refractivity contribution >= 4 is 28.9 Å². The van der Waals surface area contributed by atoms with Gasteiger partial charge < -0.3 is 5.11 Å². The number of carbonyl (C=O) groups is 1. The maximum Gasteiger partial charge on any atom is 0.308 e. The summed E-state index contributed by atoms with van der Waals surface area (Å²) in [6.07, 6.45) is 0.764. The Balaban J connectivity index is 2.84. The van der Waals surface area contributed by atoms with Crippen molar-refractivity contribution in [3.63, 3.8) is 0 Å². The minimum absolute atomic E-state index is 0.0312. The van der Waals surface area contributed by atoms with Crippen molar-refractivity contribution in [3.8, 4) is 0 Å². The van der Waals surface area contributed by atoms with Gasteiger partial charge in [0.1, 0.15) is 5.15 Å². The standard InChI is InChI=1S/C7H8ClNO2S/c1-2-5-9-7(8)4(12-5)3-6(10)11/h2-3H2,1H3,(H,10,11). The molecule has 0 spiro atoms. The highest BCUT2D eigenvalue weighted by atomic mass is 35.5. The van der Waals surface area contributed by atoms with Gasteiger partial charge in [0, 0.05) is 0 Å². The van der Waals surface area contributed by atoms with E-state index >= 15 is 0 Å². The van der Waals surface area contributed by atoms with Crippen LogP contribution in [0.4, 0.5) is 0 Å². The van der Waals surface area contributed by atoms with E-state index in [4.69, 9.17) is 16.7 Å². The molecule has 0 saturated heterocycles. The Bertz CT molecular complexity index is 298. The van der Waals surface area contributed by atoms with E-state index in [-0.39, 0.29) is 6.42 Å². The van der Waals surface area contributed by atoms with Crippen molar-refractivity contribution in [1.29, 1.82) is 0 Å². The molecule has 0 radical (unpaired) electrons. The van der Waals surface area contributed by atoms with Crippen molar-refractivity contribution < 1.29 is 9.90 Å². The van der Waals surface area contributed by atoms with Gasteiger partial charge >= 0.3 is 5.97 Å². The molecule has 66 valence electrons. The van der Waals surface area contributed by atoms with Crippen molar-refractivity contribution in [3.05, 3.63) is 15.0 Å². The lowest BCUT2D eigenvalue weighted by Gasteiger charge is -1.88. The van der Waals surface area contributed by atoms with Gasteiger partial charge in [-0.05, 0) is 6.42 Å². The second kappa shape index (κ2) is 3.87. The van der Waals surface area contributed by atoms with Crippen LogP contribution < -0.4 is 0 Å². The van der Waals surface area contributed by atoms with E-state index < -0.39 is 5.97 Å². The van der Waals surface area contributed by atoms with Gasteiger partial charge in [0.2, 0.25) is 0 Å². The van der Waals surface area contributed by atoms with Crippen LogP contribution in [-0.2, 0) is 17.6 Å². The zero-order valence-corrected chi connectivity index (χ0v) is 8.08. The van der Waals surface area contributed by atoms with Crippen molar-refractivity contribution in [1.82, 2.24) is 4.98 Å². The molecule has 1 heterocycles. The quantitative estimate of drug-likeness (QED) is 0.821. The first-order chi connectivity index (χ1) is 5.63. The number of aryl methyl sites for hydroxylation is 1. The number of aliphatic carboxylic acids is 1. The first kappa shape index (κ1) is 9.48. The molecule has 0 saturated carbocycles. The van der Waals surface area contributed by atoms with Crippen LogP contribution >= 0.6 is 22.9 Å². The highest BCUT2D eigenvalue weighted by Gasteiger charge is 2.10. The van der Waals surface area contributed by atoms with E-state index in [9.17, 15) is 4.79 Å². The van der Waals surface area contributed by atoms with Gasteiger partial charge in [-0.3, -0.25) is 4.79 Å². The molecule has 3 nitrogen and oxygen atoms in total. The number of carboxylic acid groups (broad SMARTS) is 1. The molecule has 0 aromatic carbocycles. The summed E-state index contributed by atoms with van der Waals surface area (Å²) in [5, 5.41) is 9.71. The molecule has 0 aliphatic heterocycles. The van der Waals surface area contributed by atoms with Crippen LogP contribution in [0.25, 0.3) is 0 Å². The SMILES string of the molecule is CCc1nc(Cl)c(CC(=O)O)s1. The Kier molecular flexibility index (Phi) is 3.05. The fourth-order valence-corrected chi connectivity index (χ4v) is 2.00. The van der Waals surface area contributed by atoms with Crippen LogP contribution in [-0.4, -0.2) is 16.1 Å². The van der Waals surface area contributed by atoms with Crippen LogP contribution in [0, 0.1) is 0 Å². The monoisotopic (exact) mass is 205 g/mol. The molecule has 5 heteroatoms. The molecule has 0 fully saturated rings. The highest BCUT2D eigenvalue weighted by molar-refractivity contribution is 7.12. The molecular weight excluding hydrogens is 198 g/mol. The van der Waals surface area contributed by atoms with Gasteiger partial charge in [-0.2, -0.15) is 0 Å². The number of halogens is 1. The van der Waals surface area contributed by atoms with Crippen molar-refractivity contribution in [2.24, 2.45) is 0 Å². The van der Waals surface area contributed by atoms with Crippen molar-refractivity contribution in [2.75, 3.05) is 0 Å². The van der Waals surface area contributed by atoms with Crippen LogP contribution in [0.15, 0.2) is 0 Å². The molecule has 1 N–H and O–H groups in total. The Morgan fingerprint density at radius 3 is 2.83 bits per heavy atom. The predicted molar refractivity (Wildman–Crippen MR) is 47.8 cm³/mol. The highest BCUT2D eigenvalue weighted by Crippen LogP contribution is 2.23.